The number of halogens is 3. The molecule has 1 N–H and O–H groups in total. The van der Waals surface area contributed by atoms with Gasteiger partial charge >= 0.3 is 6.18 Å². The molecule has 28 heavy (non-hydrogen) atoms. The number of para-hydroxylation sites is 1. The van der Waals surface area contributed by atoms with Gasteiger partial charge in [0.15, 0.2) is 15.5 Å². The van der Waals surface area contributed by atoms with Gasteiger partial charge in [0.25, 0.3) is 5.91 Å². The number of carbonyl (C=O) groups is 1. The Hall–Kier alpha value is -2.36. The van der Waals surface area contributed by atoms with E-state index in [2.05, 4.69) is 10.4 Å². The molecule has 2 fully saturated rings. The van der Waals surface area contributed by atoms with Crippen molar-refractivity contribution in [1.82, 2.24) is 9.78 Å². The topological polar surface area (TPSA) is 81.1 Å². The van der Waals surface area contributed by atoms with E-state index in [4.69, 9.17) is 0 Å². The van der Waals surface area contributed by atoms with Crippen molar-refractivity contribution in [3.8, 4) is 0 Å². The zero-order valence-electron chi connectivity index (χ0n) is 14.7. The number of hydrogen-bond donors (Lipinski definition) is 1. The Balaban J connectivity index is 1.62. The summed E-state index contributed by atoms with van der Waals surface area (Å²) in [6, 6.07) is 5.95. The first kappa shape index (κ1) is 19.0. The fourth-order valence-corrected chi connectivity index (χ4v) is 5.18. The molecule has 1 atom stereocenters. The molecule has 1 saturated carbocycles. The Kier molecular flexibility index (Phi) is 4.48. The second-order valence-corrected chi connectivity index (χ2v) is 9.46. The monoisotopic (exact) mass is 413 g/mol. The smallest absolute Gasteiger partial charge is 0.320 e. The van der Waals surface area contributed by atoms with Crippen molar-refractivity contribution in [2.45, 2.75) is 37.4 Å². The number of amides is 1. The molecule has 0 radical (unpaired) electrons. The van der Waals surface area contributed by atoms with Gasteiger partial charge in [0.1, 0.15) is 0 Å². The number of carbonyl (C=O) groups excluding carboxylic acids is 1. The zero-order valence-corrected chi connectivity index (χ0v) is 15.6. The maximum absolute atomic E-state index is 13.1. The molecule has 1 aromatic carbocycles. The van der Waals surface area contributed by atoms with E-state index in [1.54, 1.807) is 10.7 Å². The lowest BCUT2D eigenvalue weighted by Gasteiger charge is -2.13. The predicted molar refractivity (Wildman–Crippen MR) is 95.9 cm³/mol. The minimum atomic E-state index is -4.60. The number of hydrogen-bond acceptors (Lipinski definition) is 4. The number of nitrogens with zero attached hydrogens (tertiary/aromatic N) is 2. The van der Waals surface area contributed by atoms with E-state index in [0.29, 0.717) is 6.42 Å². The molecule has 2 aromatic rings. The molecule has 2 heterocycles. The molecule has 1 amide bonds. The van der Waals surface area contributed by atoms with Crippen LogP contribution in [0.2, 0.25) is 0 Å². The van der Waals surface area contributed by atoms with Gasteiger partial charge in [-0.1, -0.05) is 12.1 Å². The van der Waals surface area contributed by atoms with E-state index in [-0.39, 0.29) is 34.8 Å². The molecule has 10 heteroatoms. The summed E-state index contributed by atoms with van der Waals surface area (Å²) in [6.07, 6.45) is -2.34. The third-order valence-corrected chi connectivity index (χ3v) is 6.78. The van der Waals surface area contributed by atoms with Crippen LogP contribution in [0.1, 0.15) is 53.0 Å². The minimum absolute atomic E-state index is 0.0109. The maximum atomic E-state index is 13.1. The highest BCUT2D eigenvalue weighted by molar-refractivity contribution is 7.91. The number of alkyl halides is 3. The van der Waals surface area contributed by atoms with E-state index in [9.17, 15) is 26.4 Å². The molecule has 2 aliphatic rings. The Morgan fingerprint density at radius 2 is 1.89 bits per heavy atom. The van der Waals surface area contributed by atoms with E-state index < -0.39 is 27.5 Å². The van der Waals surface area contributed by atoms with Gasteiger partial charge in [-0.15, -0.1) is 0 Å². The Bertz CT molecular complexity index is 1030. The van der Waals surface area contributed by atoms with Crippen LogP contribution in [0.15, 0.2) is 30.3 Å². The Morgan fingerprint density at radius 1 is 1.18 bits per heavy atom. The van der Waals surface area contributed by atoms with Crippen molar-refractivity contribution in [2.75, 3.05) is 16.8 Å². The molecule has 4 rings (SSSR count). The molecule has 1 aromatic heterocycles. The maximum Gasteiger partial charge on any atom is 0.418 e. The number of benzene rings is 1. The number of anilines is 1. The number of aromatic nitrogens is 2. The SMILES string of the molecule is O=C(Nc1ccccc1C(F)(F)F)c1cc(C2CC2)n(C2CCS(=O)(=O)C2)n1. The Labute approximate surface area is 159 Å². The molecule has 1 saturated heterocycles. The van der Waals surface area contributed by atoms with Gasteiger partial charge in [0, 0.05) is 11.6 Å². The summed E-state index contributed by atoms with van der Waals surface area (Å²) in [6.45, 7) is 0. The van der Waals surface area contributed by atoms with E-state index in [1.165, 1.54) is 18.2 Å². The zero-order chi connectivity index (χ0) is 20.1. The molecule has 1 aliphatic carbocycles. The van der Waals surface area contributed by atoms with Crippen molar-refractivity contribution >= 4 is 21.4 Å². The van der Waals surface area contributed by atoms with E-state index in [1.807, 2.05) is 0 Å². The van der Waals surface area contributed by atoms with Gasteiger partial charge in [-0.05, 0) is 37.5 Å². The average molecular weight is 413 g/mol. The Morgan fingerprint density at radius 3 is 2.50 bits per heavy atom. The summed E-state index contributed by atoms with van der Waals surface area (Å²) in [7, 11) is -3.13. The van der Waals surface area contributed by atoms with Gasteiger partial charge in [0.05, 0.1) is 28.8 Å². The summed E-state index contributed by atoms with van der Waals surface area (Å²) in [5, 5.41) is 6.55. The van der Waals surface area contributed by atoms with Crippen LogP contribution in [0.3, 0.4) is 0 Å². The number of sulfone groups is 1. The predicted octanol–water partition coefficient (Wildman–Crippen LogP) is 3.39. The summed E-state index contributed by atoms with van der Waals surface area (Å²) < 4.78 is 64.6. The van der Waals surface area contributed by atoms with Crippen LogP contribution in [0.25, 0.3) is 0 Å². The van der Waals surface area contributed by atoms with Crippen LogP contribution in [0, 0.1) is 0 Å². The highest BCUT2D eigenvalue weighted by Crippen LogP contribution is 2.42. The third kappa shape index (κ3) is 3.78. The lowest BCUT2D eigenvalue weighted by atomic mass is 10.1. The quantitative estimate of drug-likeness (QED) is 0.833. The molecule has 150 valence electrons. The summed E-state index contributed by atoms with van der Waals surface area (Å²) in [4.78, 5) is 12.6. The number of rotatable bonds is 4. The van der Waals surface area contributed by atoms with Crippen molar-refractivity contribution in [3.05, 3.63) is 47.3 Å². The first-order valence-corrected chi connectivity index (χ1v) is 10.7. The van der Waals surface area contributed by atoms with Crippen molar-refractivity contribution < 1.29 is 26.4 Å². The van der Waals surface area contributed by atoms with Gasteiger partial charge in [-0.25, -0.2) is 8.42 Å². The molecule has 1 unspecified atom stereocenters. The summed E-state index contributed by atoms with van der Waals surface area (Å²) in [5.41, 5.74) is -0.516. The van der Waals surface area contributed by atoms with Crippen LogP contribution < -0.4 is 5.32 Å². The van der Waals surface area contributed by atoms with Crippen LogP contribution >= 0.6 is 0 Å². The highest BCUT2D eigenvalue weighted by atomic mass is 32.2. The lowest BCUT2D eigenvalue weighted by Crippen LogP contribution is -2.18. The van der Waals surface area contributed by atoms with Crippen LogP contribution in [0.5, 0.6) is 0 Å². The molecule has 0 bridgehead atoms. The first-order chi connectivity index (χ1) is 13.1. The summed E-state index contributed by atoms with van der Waals surface area (Å²) in [5.74, 6) is -0.507. The second-order valence-electron chi connectivity index (χ2n) is 7.23. The summed E-state index contributed by atoms with van der Waals surface area (Å²) >= 11 is 0. The molecule has 6 nitrogen and oxygen atoms in total. The largest absolute Gasteiger partial charge is 0.418 e. The molecule has 0 spiro atoms. The normalized spacial score (nSPS) is 21.6. The fraction of sp³-hybridized carbons (Fsp3) is 0.444. The van der Waals surface area contributed by atoms with Crippen molar-refractivity contribution in [1.29, 1.82) is 0 Å². The van der Waals surface area contributed by atoms with Crippen LogP contribution in [-0.4, -0.2) is 35.6 Å². The average Bonchev–Trinajstić information content (AvgIpc) is 3.25. The highest BCUT2D eigenvalue weighted by Gasteiger charge is 2.37. The fourth-order valence-electron chi connectivity index (χ4n) is 3.49. The van der Waals surface area contributed by atoms with Gasteiger partial charge in [-0.2, -0.15) is 18.3 Å². The molecule has 1 aliphatic heterocycles. The van der Waals surface area contributed by atoms with Crippen LogP contribution in [-0.2, 0) is 16.0 Å². The standard InChI is InChI=1S/C18H18F3N3O3S/c19-18(20,21)13-3-1-2-4-14(13)22-17(25)15-9-16(11-5-6-11)24(23-15)12-7-8-28(26,27)10-12/h1-4,9,11-12H,5-8,10H2,(H,22,25). The van der Waals surface area contributed by atoms with Crippen LogP contribution in [0.4, 0.5) is 18.9 Å². The molecular weight excluding hydrogens is 395 g/mol. The van der Waals surface area contributed by atoms with Gasteiger partial charge in [-0.3, -0.25) is 9.48 Å². The lowest BCUT2D eigenvalue weighted by molar-refractivity contribution is -0.136. The number of nitrogens with one attached hydrogen (secondary N) is 1. The molecular formula is C18H18F3N3O3S. The van der Waals surface area contributed by atoms with Crippen molar-refractivity contribution in [3.63, 3.8) is 0 Å². The third-order valence-electron chi connectivity index (χ3n) is 5.03. The van der Waals surface area contributed by atoms with Gasteiger partial charge < -0.3 is 5.32 Å². The van der Waals surface area contributed by atoms with E-state index in [0.717, 1.165) is 24.6 Å². The first-order valence-electron chi connectivity index (χ1n) is 8.91. The van der Waals surface area contributed by atoms with Crippen molar-refractivity contribution in [2.24, 2.45) is 0 Å². The minimum Gasteiger partial charge on any atom is -0.320 e. The van der Waals surface area contributed by atoms with Gasteiger partial charge in [0.2, 0.25) is 0 Å². The van der Waals surface area contributed by atoms with E-state index >= 15 is 0 Å². The second kappa shape index (κ2) is 6.61.